The molecule has 0 unspecified atom stereocenters. The standard InChI is InChI=1S/C13H13F3N2O/c1-8(2)11(18-12(19)13(14,15)16)9-4-6-10(17-3)7-5-9/h4-8,11H,1-2H3,(H,18,19)/t11-/m0/s1. The first-order valence-corrected chi connectivity index (χ1v) is 5.61. The third-order valence-electron chi connectivity index (χ3n) is 2.59. The maximum Gasteiger partial charge on any atom is 0.471 e. The number of nitrogens with one attached hydrogen (secondary N) is 1. The second-order valence-corrected chi connectivity index (χ2v) is 4.40. The van der Waals surface area contributed by atoms with Crippen LogP contribution in [-0.2, 0) is 4.79 Å². The highest BCUT2D eigenvalue weighted by atomic mass is 19.4. The Morgan fingerprint density at radius 3 is 2.16 bits per heavy atom. The predicted octanol–water partition coefficient (Wildman–Crippen LogP) is 3.61. The van der Waals surface area contributed by atoms with Crippen molar-refractivity contribution in [3.05, 3.63) is 41.2 Å². The molecule has 0 bridgehead atoms. The molecule has 0 fully saturated rings. The Labute approximate surface area is 109 Å². The van der Waals surface area contributed by atoms with Crippen molar-refractivity contribution in [1.29, 1.82) is 0 Å². The van der Waals surface area contributed by atoms with E-state index in [-0.39, 0.29) is 5.92 Å². The first-order chi connectivity index (χ1) is 8.75. The van der Waals surface area contributed by atoms with Gasteiger partial charge in [-0.05, 0) is 11.5 Å². The molecular weight excluding hydrogens is 257 g/mol. The smallest absolute Gasteiger partial charge is 0.341 e. The lowest BCUT2D eigenvalue weighted by atomic mass is 9.96. The summed E-state index contributed by atoms with van der Waals surface area (Å²) in [5, 5.41) is 1.97. The maximum atomic E-state index is 12.3. The number of carbonyl (C=O) groups excluding carboxylic acids is 1. The molecule has 6 heteroatoms. The van der Waals surface area contributed by atoms with Crippen LogP contribution in [0.2, 0.25) is 0 Å². The minimum atomic E-state index is -4.90. The Bertz CT molecular complexity index is 486. The van der Waals surface area contributed by atoms with E-state index in [0.717, 1.165) is 0 Å². The summed E-state index contributed by atoms with van der Waals surface area (Å²) < 4.78 is 36.8. The van der Waals surface area contributed by atoms with Crippen molar-refractivity contribution in [2.75, 3.05) is 0 Å². The number of carbonyl (C=O) groups is 1. The minimum absolute atomic E-state index is 0.204. The van der Waals surface area contributed by atoms with E-state index in [0.29, 0.717) is 11.3 Å². The van der Waals surface area contributed by atoms with Crippen LogP contribution in [0.1, 0.15) is 25.5 Å². The molecule has 1 aromatic rings. The summed E-state index contributed by atoms with van der Waals surface area (Å²) in [6, 6.07) is 5.38. The van der Waals surface area contributed by atoms with Gasteiger partial charge in [0, 0.05) is 0 Å². The molecule has 1 amide bonds. The van der Waals surface area contributed by atoms with E-state index in [1.54, 1.807) is 26.0 Å². The highest BCUT2D eigenvalue weighted by Crippen LogP contribution is 2.26. The van der Waals surface area contributed by atoms with Gasteiger partial charge in [-0.2, -0.15) is 13.2 Å². The number of hydrogen-bond donors (Lipinski definition) is 1. The van der Waals surface area contributed by atoms with E-state index in [9.17, 15) is 18.0 Å². The minimum Gasteiger partial charge on any atom is -0.341 e. The summed E-state index contributed by atoms with van der Waals surface area (Å²) in [5.41, 5.74) is 0.938. The van der Waals surface area contributed by atoms with Crippen LogP contribution in [0.25, 0.3) is 4.85 Å². The van der Waals surface area contributed by atoms with Gasteiger partial charge in [-0.25, -0.2) is 4.85 Å². The predicted molar refractivity (Wildman–Crippen MR) is 64.5 cm³/mol. The molecule has 1 atom stereocenters. The van der Waals surface area contributed by atoms with Gasteiger partial charge in [0.05, 0.1) is 12.6 Å². The summed E-state index contributed by atoms with van der Waals surface area (Å²) in [7, 11) is 0. The first kappa shape index (κ1) is 15.0. The summed E-state index contributed by atoms with van der Waals surface area (Å²) in [5.74, 6) is -2.16. The first-order valence-electron chi connectivity index (χ1n) is 5.61. The maximum absolute atomic E-state index is 12.3. The molecule has 0 radical (unpaired) electrons. The van der Waals surface area contributed by atoms with E-state index in [2.05, 4.69) is 4.85 Å². The Kier molecular flexibility index (Phi) is 4.54. The van der Waals surface area contributed by atoms with Crippen LogP contribution in [0.15, 0.2) is 24.3 Å². The lowest BCUT2D eigenvalue weighted by molar-refractivity contribution is -0.174. The number of alkyl halides is 3. The van der Waals surface area contributed by atoms with Crippen molar-refractivity contribution in [2.24, 2.45) is 5.92 Å². The molecule has 0 spiro atoms. The molecule has 1 aromatic carbocycles. The van der Waals surface area contributed by atoms with Crippen LogP contribution in [-0.4, -0.2) is 12.1 Å². The van der Waals surface area contributed by atoms with Crippen molar-refractivity contribution >= 4 is 11.6 Å². The van der Waals surface area contributed by atoms with E-state index in [1.165, 1.54) is 12.1 Å². The fourth-order valence-corrected chi connectivity index (χ4v) is 1.61. The Morgan fingerprint density at radius 2 is 1.79 bits per heavy atom. The summed E-state index contributed by atoms with van der Waals surface area (Å²) in [6.45, 7) is 10.2. The van der Waals surface area contributed by atoms with Crippen LogP contribution in [0.5, 0.6) is 0 Å². The third-order valence-corrected chi connectivity index (χ3v) is 2.59. The highest BCUT2D eigenvalue weighted by molar-refractivity contribution is 5.82. The van der Waals surface area contributed by atoms with E-state index < -0.39 is 18.1 Å². The third kappa shape index (κ3) is 3.98. The summed E-state index contributed by atoms with van der Waals surface area (Å²) >= 11 is 0. The molecule has 0 saturated heterocycles. The van der Waals surface area contributed by atoms with Gasteiger partial charge in [0.1, 0.15) is 0 Å². The average molecular weight is 270 g/mol. The van der Waals surface area contributed by atoms with Gasteiger partial charge >= 0.3 is 12.1 Å². The molecule has 1 rings (SSSR count). The van der Waals surface area contributed by atoms with Gasteiger partial charge in [-0.3, -0.25) is 4.79 Å². The van der Waals surface area contributed by atoms with Gasteiger partial charge < -0.3 is 5.32 Å². The Morgan fingerprint density at radius 1 is 1.26 bits per heavy atom. The second kappa shape index (κ2) is 5.74. The largest absolute Gasteiger partial charge is 0.471 e. The zero-order valence-electron chi connectivity index (χ0n) is 10.5. The number of hydrogen-bond acceptors (Lipinski definition) is 1. The van der Waals surface area contributed by atoms with Gasteiger partial charge in [0.2, 0.25) is 0 Å². The van der Waals surface area contributed by atoms with Crippen molar-refractivity contribution in [1.82, 2.24) is 5.32 Å². The van der Waals surface area contributed by atoms with Crippen molar-refractivity contribution in [3.63, 3.8) is 0 Å². The molecule has 0 aliphatic carbocycles. The molecule has 0 heterocycles. The second-order valence-electron chi connectivity index (χ2n) is 4.40. The number of amides is 1. The van der Waals surface area contributed by atoms with Crippen molar-refractivity contribution in [2.45, 2.75) is 26.1 Å². The molecular formula is C13H13F3N2O. The van der Waals surface area contributed by atoms with E-state index in [1.807, 2.05) is 5.32 Å². The molecule has 0 aliphatic rings. The zero-order valence-corrected chi connectivity index (χ0v) is 10.5. The molecule has 1 N–H and O–H groups in total. The average Bonchev–Trinajstić information content (AvgIpc) is 2.34. The highest BCUT2D eigenvalue weighted by Gasteiger charge is 2.40. The SMILES string of the molecule is [C-]#[N+]c1ccc([C@@H](NC(=O)C(F)(F)F)C(C)C)cc1. The van der Waals surface area contributed by atoms with Crippen LogP contribution >= 0.6 is 0 Å². The number of halogens is 3. The van der Waals surface area contributed by atoms with Crippen LogP contribution in [0, 0.1) is 12.5 Å². The molecule has 0 aliphatic heterocycles. The van der Waals surface area contributed by atoms with E-state index >= 15 is 0 Å². The molecule has 102 valence electrons. The number of benzene rings is 1. The van der Waals surface area contributed by atoms with E-state index in [4.69, 9.17) is 6.57 Å². The lowest BCUT2D eigenvalue weighted by Gasteiger charge is -2.23. The van der Waals surface area contributed by atoms with Crippen molar-refractivity contribution < 1.29 is 18.0 Å². The van der Waals surface area contributed by atoms with Crippen LogP contribution in [0.3, 0.4) is 0 Å². The van der Waals surface area contributed by atoms with Crippen LogP contribution < -0.4 is 5.32 Å². The number of rotatable bonds is 3. The van der Waals surface area contributed by atoms with Gasteiger partial charge in [-0.1, -0.05) is 38.1 Å². The Balaban J connectivity index is 2.95. The summed E-state index contributed by atoms with van der Waals surface area (Å²) in [6.07, 6.45) is -4.90. The molecule has 3 nitrogen and oxygen atoms in total. The lowest BCUT2D eigenvalue weighted by Crippen LogP contribution is -2.40. The monoisotopic (exact) mass is 270 g/mol. The molecule has 0 saturated carbocycles. The van der Waals surface area contributed by atoms with Crippen LogP contribution in [0.4, 0.5) is 18.9 Å². The molecule has 19 heavy (non-hydrogen) atoms. The van der Waals surface area contributed by atoms with Gasteiger partial charge in [0.15, 0.2) is 5.69 Å². The Hall–Kier alpha value is -2.03. The molecule has 0 aromatic heterocycles. The van der Waals surface area contributed by atoms with Gasteiger partial charge in [-0.15, -0.1) is 0 Å². The van der Waals surface area contributed by atoms with Gasteiger partial charge in [0.25, 0.3) is 0 Å². The fourth-order valence-electron chi connectivity index (χ4n) is 1.61. The number of nitrogens with zero attached hydrogens (tertiary/aromatic N) is 1. The zero-order chi connectivity index (χ0) is 14.6. The topological polar surface area (TPSA) is 33.5 Å². The summed E-state index contributed by atoms with van der Waals surface area (Å²) in [4.78, 5) is 14.2. The fraction of sp³-hybridized carbons (Fsp3) is 0.385. The normalized spacial score (nSPS) is 12.9. The van der Waals surface area contributed by atoms with Crippen molar-refractivity contribution in [3.8, 4) is 0 Å². The quantitative estimate of drug-likeness (QED) is 0.836.